The normalized spacial score (nSPS) is 11.2. The second-order valence-corrected chi connectivity index (χ2v) is 8.65. The first-order valence-electron chi connectivity index (χ1n) is 12.3. The van der Waals surface area contributed by atoms with Crippen molar-refractivity contribution >= 4 is 16.7 Å². The molecule has 166 valence electrons. The minimum absolute atomic E-state index is 0.133. The molecular weight excluding hydrogens is 370 g/mol. The molecule has 1 aromatic carbocycles. The highest BCUT2D eigenvalue weighted by Gasteiger charge is 2.12. The second-order valence-electron chi connectivity index (χ2n) is 8.65. The van der Waals surface area contributed by atoms with Gasteiger partial charge in [-0.15, -0.1) is 0 Å². The van der Waals surface area contributed by atoms with Crippen molar-refractivity contribution in [3.05, 3.63) is 36.0 Å². The van der Waals surface area contributed by atoms with Gasteiger partial charge in [-0.3, -0.25) is 9.78 Å². The number of hydrogen-bond acceptors (Lipinski definition) is 3. The lowest BCUT2D eigenvalue weighted by Crippen LogP contribution is -2.00. The summed E-state index contributed by atoms with van der Waals surface area (Å²) in [4.78, 5) is 16.8. The van der Waals surface area contributed by atoms with Crippen molar-refractivity contribution < 1.29 is 9.90 Å². The van der Waals surface area contributed by atoms with Gasteiger partial charge in [-0.25, -0.2) is 0 Å². The molecule has 2 aromatic rings. The highest BCUT2D eigenvalue weighted by Crippen LogP contribution is 2.26. The minimum atomic E-state index is 0.133. The summed E-state index contributed by atoms with van der Waals surface area (Å²) in [6.45, 7) is 2.27. The Morgan fingerprint density at radius 3 is 1.87 bits per heavy atom. The number of phenols is 1. The third-order valence-electron chi connectivity index (χ3n) is 6.06. The number of carbonyl (C=O) groups excluding carboxylic acids is 1. The van der Waals surface area contributed by atoms with Crippen molar-refractivity contribution in [2.24, 2.45) is 0 Å². The van der Waals surface area contributed by atoms with Crippen molar-refractivity contribution in [1.82, 2.24) is 4.98 Å². The van der Waals surface area contributed by atoms with Crippen molar-refractivity contribution in [1.29, 1.82) is 0 Å². The molecule has 0 saturated carbocycles. The topological polar surface area (TPSA) is 50.2 Å². The fraction of sp³-hybridized carbons (Fsp3) is 0.630. The molecule has 1 aromatic heterocycles. The van der Waals surface area contributed by atoms with Crippen LogP contribution >= 0.6 is 0 Å². The molecule has 1 N–H and O–H groups in total. The number of fused-ring (bicyclic) bond motifs is 1. The molecule has 0 aliphatic rings. The molecule has 3 heteroatoms. The highest BCUT2D eigenvalue weighted by atomic mass is 16.3. The van der Waals surface area contributed by atoms with Crippen LogP contribution in [0.2, 0.25) is 0 Å². The number of hydrogen-bond donors (Lipinski definition) is 1. The fourth-order valence-corrected chi connectivity index (χ4v) is 4.19. The Morgan fingerprint density at radius 2 is 1.30 bits per heavy atom. The number of rotatable bonds is 17. The number of phenolic OH excluding ortho intramolecular Hbond substituents is 1. The number of unbranched alkanes of at least 4 members (excludes halogenated alkanes) is 14. The Labute approximate surface area is 183 Å². The zero-order valence-electron chi connectivity index (χ0n) is 19.0. The Kier molecular flexibility index (Phi) is 12.2. The summed E-state index contributed by atoms with van der Waals surface area (Å²) in [5.41, 5.74) is 1.20. The van der Waals surface area contributed by atoms with E-state index in [1.165, 1.54) is 83.5 Å². The van der Waals surface area contributed by atoms with E-state index in [0.29, 0.717) is 17.5 Å². The summed E-state index contributed by atoms with van der Waals surface area (Å²) in [6, 6.07) is 6.98. The van der Waals surface area contributed by atoms with Gasteiger partial charge in [-0.2, -0.15) is 0 Å². The predicted molar refractivity (Wildman–Crippen MR) is 127 cm³/mol. The molecule has 0 saturated heterocycles. The smallest absolute Gasteiger partial charge is 0.163 e. The van der Waals surface area contributed by atoms with Crippen LogP contribution in [0.1, 0.15) is 120 Å². The molecule has 0 aliphatic heterocycles. The molecule has 0 radical (unpaired) electrons. The molecular formula is C27H41NO2. The first kappa shape index (κ1) is 24.4. The van der Waals surface area contributed by atoms with E-state index in [2.05, 4.69) is 11.9 Å². The highest BCUT2D eigenvalue weighted by molar-refractivity contribution is 6.08. The van der Waals surface area contributed by atoms with E-state index in [1.807, 2.05) is 12.1 Å². The zero-order valence-corrected chi connectivity index (χ0v) is 19.0. The summed E-state index contributed by atoms with van der Waals surface area (Å²) in [7, 11) is 0. The number of Topliss-reactive ketones (excluding diaryl/α,β-unsaturated/α-hetero) is 1. The summed E-state index contributed by atoms with van der Waals surface area (Å²) in [5, 5.41) is 10.7. The van der Waals surface area contributed by atoms with Crippen molar-refractivity contribution in [2.45, 2.75) is 110 Å². The van der Waals surface area contributed by atoms with Gasteiger partial charge in [0.1, 0.15) is 11.3 Å². The zero-order chi connectivity index (χ0) is 21.4. The van der Waals surface area contributed by atoms with Crippen LogP contribution < -0.4 is 0 Å². The van der Waals surface area contributed by atoms with Crippen molar-refractivity contribution in [3.63, 3.8) is 0 Å². The number of aromatic hydroxyl groups is 1. The maximum absolute atomic E-state index is 12.6. The maximum atomic E-state index is 12.6. The second kappa shape index (κ2) is 15.0. The quantitative estimate of drug-likeness (QED) is 0.210. The van der Waals surface area contributed by atoms with Crippen LogP contribution in [-0.4, -0.2) is 15.9 Å². The van der Waals surface area contributed by atoms with Gasteiger partial charge in [0.2, 0.25) is 0 Å². The van der Waals surface area contributed by atoms with Crippen molar-refractivity contribution in [2.75, 3.05) is 0 Å². The average molecular weight is 412 g/mol. The number of aromatic nitrogens is 1. The Morgan fingerprint density at radius 1 is 0.767 bits per heavy atom. The summed E-state index contributed by atoms with van der Waals surface area (Å²) in [6.07, 6.45) is 22.1. The molecule has 0 bridgehead atoms. The van der Waals surface area contributed by atoms with Crippen LogP contribution in [0.4, 0.5) is 0 Å². The lowest BCUT2D eigenvalue weighted by atomic mass is 9.99. The van der Waals surface area contributed by atoms with Crippen LogP contribution in [-0.2, 0) is 0 Å². The van der Waals surface area contributed by atoms with Gasteiger partial charge in [-0.1, -0.05) is 103 Å². The van der Waals surface area contributed by atoms with Gasteiger partial charge >= 0.3 is 0 Å². The lowest BCUT2D eigenvalue weighted by molar-refractivity contribution is 0.0980. The maximum Gasteiger partial charge on any atom is 0.163 e. The molecule has 3 nitrogen and oxygen atoms in total. The van der Waals surface area contributed by atoms with Gasteiger partial charge in [0, 0.05) is 23.6 Å². The van der Waals surface area contributed by atoms with E-state index < -0.39 is 0 Å². The molecule has 30 heavy (non-hydrogen) atoms. The molecule has 0 unspecified atom stereocenters. The van der Waals surface area contributed by atoms with Gasteiger partial charge in [0.05, 0.1) is 0 Å². The fourth-order valence-electron chi connectivity index (χ4n) is 4.19. The Bertz CT molecular complexity index is 741. The minimum Gasteiger partial charge on any atom is -0.506 e. The lowest BCUT2D eigenvalue weighted by Gasteiger charge is -2.07. The summed E-state index contributed by atoms with van der Waals surface area (Å²) >= 11 is 0. The third kappa shape index (κ3) is 8.85. The van der Waals surface area contributed by atoms with E-state index in [-0.39, 0.29) is 11.5 Å². The summed E-state index contributed by atoms with van der Waals surface area (Å²) in [5.74, 6) is 0.289. The first-order chi connectivity index (χ1) is 14.7. The molecule has 0 fully saturated rings. The van der Waals surface area contributed by atoms with Crippen LogP contribution in [0.15, 0.2) is 30.5 Å². The van der Waals surface area contributed by atoms with Gasteiger partial charge < -0.3 is 5.11 Å². The molecule has 1 heterocycles. The van der Waals surface area contributed by atoms with Crippen LogP contribution in [0.5, 0.6) is 5.75 Å². The molecule has 2 rings (SSSR count). The van der Waals surface area contributed by atoms with Gasteiger partial charge in [-0.05, 0) is 24.6 Å². The Hall–Kier alpha value is -1.90. The first-order valence-corrected chi connectivity index (χ1v) is 12.3. The number of carbonyl (C=O) groups is 1. The van der Waals surface area contributed by atoms with Gasteiger partial charge in [0.15, 0.2) is 5.78 Å². The number of nitrogens with zero attached hydrogens (tertiary/aromatic N) is 1. The van der Waals surface area contributed by atoms with E-state index in [4.69, 9.17) is 0 Å². The molecule has 0 amide bonds. The van der Waals surface area contributed by atoms with Crippen LogP contribution in [0, 0.1) is 0 Å². The SMILES string of the molecule is CCCCCCCCCCCCCCCCCC(=O)c1ccc(O)c2ncccc12. The van der Waals surface area contributed by atoms with Crippen LogP contribution in [0.3, 0.4) is 0 Å². The summed E-state index contributed by atoms with van der Waals surface area (Å²) < 4.78 is 0. The predicted octanol–water partition coefficient (Wildman–Crippen LogP) is 8.38. The van der Waals surface area contributed by atoms with E-state index in [0.717, 1.165) is 18.2 Å². The third-order valence-corrected chi connectivity index (χ3v) is 6.06. The van der Waals surface area contributed by atoms with E-state index in [9.17, 15) is 9.90 Å². The standard InChI is InChI=1S/C27H41NO2/c1-2-3-4-5-6-7-8-9-10-11-12-13-14-15-16-19-25(29)23-20-21-26(30)27-24(23)18-17-22-28-27/h17-18,20-22,30H,2-16,19H2,1H3. The number of benzene rings is 1. The molecule has 0 atom stereocenters. The van der Waals surface area contributed by atoms with Crippen LogP contribution in [0.25, 0.3) is 10.9 Å². The number of ketones is 1. The van der Waals surface area contributed by atoms with Gasteiger partial charge in [0.25, 0.3) is 0 Å². The van der Waals surface area contributed by atoms with E-state index >= 15 is 0 Å². The Balaban J connectivity index is 1.48. The largest absolute Gasteiger partial charge is 0.506 e. The molecule has 0 spiro atoms. The monoisotopic (exact) mass is 411 g/mol. The van der Waals surface area contributed by atoms with E-state index in [1.54, 1.807) is 18.3 Å². The average Bonchev–Trinajstić information content (AvgIpc) is 2.76. The number of pyridine rings is 1. The van der Waals surface area contributed by atoms with Crippen molar-refractivity contribution in [3.8, 4) is 5.75 Å². The molecule has 0 aliphatic carbocycles.